The highest BCUT2D eigenvalue weighted by atomic mass is 16.4. The fraction of sp³-hybridized carbons (Fsp3) is 0.857. The lowest BCUT2D eigenvalue weighted by atomic mass is 9.98. The molecule has 0 fully saturated rings. The van der Waals surface area contributed by atoms with Crippen molar-refractivity contribution >= 4 is 6.29 Å². The Morgan fingerprint density at radius 1 is 1.25 bits per heavy atom. The van der Waals surface area contributed by atoms with E-state index in [0.717, 1.165) is 0 Å². The van der Waals surface area contributed by atoms with Crippen molar-refractivity contribution in [1.29, 1.82) is 0 Å². The van der Waals surface area contributed by atoms with Crippen molar-refractivity contribution in [3.05, 3.63) is 0 Å². The summed E-state index contributed by atoms with van der Waals surface area (Å²) in [6, 6.07) is 0. The van der Waals surface area contributed by atoms with Gasteiger partial charge in [-0.1, -0.05) is 6.92 Å². The summed E-state index contributed by atoms with van der Waals surface area (Å²) in [6.07, 6.45) is -4.30. The van der Waals surface area contributed by atoms with Crippen LogP contribution in [0.3, 0.4) is 0 Å². The minimum Gasteiger partial charge on any atom is -0.396 e. The van der Waals surface area contributed by atoms with Gasteiger partial charge in [-0.2, -0.15) is 0 Å². The molecule has 0 rings (SSSR count). The number of aldehydes is 1. The molecule has 0 spiro atoms. The van der Waals surface area contributed by atoms with E-state index < -0.39 is 24.2 Å². The summed E-state index contributed by atoms with van der Waals surface area (Å²) in [4.78, 5) is 9.98. The average Bonchev–Trinajstić information content (AvgIpc) is 2.12. The number of hydrogen-bond donors (Lipinski definition) is 4. The van der Waals surface area contributed by atoms with Gasteiger partial charge in [0.1, 0.15) is 12.2 Å². The number of carbonyl (C=O) groups is 1. The Morgan fingerprint density at radius 2 is 1.75 bits per heavy atom. The van der Waals surface area contributed by atoms with Gasteiger partial charge < -0.3 is 25.2 Å². The van der Waals surface area contributed by atoms with Gasteiger partial charge in [0, 0.05) is 12.5 Å². The maximum Gasteiger partial charge on any atom is 0.151 e. The van der Waals surface area contributed by atoms with E-state index in [1.54, 1.807) is 0 Å². The standard InChI is InChI=1S/C7H14O5/c1-4(2-8)6(11)7(12)5(10)3-9/h3-8,10-12H,2H2,1H3. The molecule has 0 saturated carbocycles. The summed E-state index contributed by atoms with van der Waals surface area (Å²) >= 11 is 0. The first-order valence-electron chi connectivity index (χ1n) is 3.65. The lowest BCUT2D eigenvalue weighted by Crippen LogP contribution is -2.42. The normalized spacial score (nSPS) is 21.1. The lowest BCUT2D eigenvalue weighted by molar-refractivity contribution is -0.129. The van der Waals surface area contributed by atoms with Gasteiger partial charge in [0.05, 0.1) is 6.10 Å². The molecule has 4 atom stereocenters. The maximum absolute atomic E-state index is 9.98. The Kier molecular flexibility index (Phi) is 5.00. The SMILES string of the molecule is CC(CO)C(O)C(O)C(O)C=O. The second-order valence-corrected chi connectivity index (χ2v) is 2.77. The van der Waals surface area contributed by atoms with Crippen LogP contribution in [0.2, 0.25) is 0 Å². The molecule has 0 saturated heterocycles. The predicted molar refractivity (Wildman–Crippen MR) is 40.3 cm³/mol. The Balaban J connectivity index is 4.07. The van der Waals surface area contributed by atoms with Crippen LogP contribution in [0.5, 0.6) is 0 Å². The van der Waals surface area contributed by atoms with Gasteiger partial charge >= 0.3 is 0 Å². The van der Waals surface area contributed by atoms with Crippen molar-refractivity contribution < 1.29 is 25.2 Å². The summed E-state index contributed by atoms with van der Waals surface area (Å²) in [6.45, 7) is 1.18. The van der Waals surface area contributed by atoms with Crippen LogP contribution in [0.25, 0.3) is 0 Å². The number of hydrogen-bond acceptors (Lipinski definition) is 5. The molecule has 0 radical (unpaired) electrons. The molecule has 72 valence electrons. The third kappa shape index (κ3) is 2.86. The number of rotatable bonds is 5. The van der Waals surface area contributed by atoms with Crippen LogP contribution in [0.4, 0.5) is 0 Å². The second kappa shape index (κ2) is 5.21. The topological polar surface area (TPSA) is 98.0 Å². The van der Waals surface area contributed by atoms with E-state index >= 15 is 0 Å². The Morgan fingerprint density at radius 3 is 2.08 bits per heavy atom. The molecule has 4 N–H and O–H groups in total. The van der Waals surface area contributed by atoms with Crippen molar-refractivity contribution in [2.24, 2.45) is 5.92 Å². The van der Waals surface area contributed by atoms with E-state index in [2.05, 4.69) is 0 Å². The minimum absolute atomic E-state index is 0.137. The molecular weight excluding hydrogens is 164 g/mol. The third-order valence-electron chi connectivity index (χ3n) is 1.71. The zero-order valence-electron chi connectivity index (χ0n) is 6.79. The molecule has 0 amide bonds. The minimum atomic E-state index is -1.60. The van der Waals surface area contributed by atoms with Gasteiger partial charge in [-0.05, 0) is 0 Å². The predicted octanol–water partition coefficient (Wildman–Crippen LogP) is -2.10. The summed E-state index contributed by atoms with van der Waals surface area (Å²) in [5.74, 6) is -0.574. The van der Waals surface area contributed by atoms with E-state index in [0.29, 0.717) is 0 Å². The molecule has 0 aromatic carbocycles. The van der Waals surface area contributed by atoms with Crippen molar-refractivity contribution in [1.82, 2.24) is 0 Å². The van der Waals surface area contributed by atoms with E-state index in [-0.39, 0.29) is 12.9 Å². The largest absolute Gasteiger partial charge is 0.396 e. The van der Waals surface area contributed by atoms with Gasteiger partial charge in [-0.25, -0.2) is 0 Å². The molecule has 0 bridgehead atoms. The van der Waals surface area contributed by atoms with Gasteiger partial charge in [0.25, 0.3) is 0 Å². The van der Waals surface area contributed by atoms with Crippen LogP contribution in [-0.4, -0.2) is 51.6 Å². The van der Waals surface area contributed by atoms with Gasteiger partial charge in [0.2, 0.25) is 0 Å². The van der Waals surface area contributed by atoms with E-state index in [1.807, 2.05) is 0 Å². The molecule has 0 aliphatic carbocycles. The highest BCUT2D eigenvalue weighted by molar-refractivity contribution is 5.56. The van der Waals surface area contributed by atoms with Gasteiger partial charge in [-0.3, -0.25) is 0 Å². The van der Waals surface area contributed by atoms with Crippen molar-refractivity contribution in [2.45, 2.75) is 25.2 Å². The number of aliphatic hydroxyl groups excluding tert-OH is 4. The van der Waals surface area contributed by atoms with Crippen LogP contribution in [0.1, 0.15) is 6.92 Å². The van der Waals surface area contributed by atoms with E-state index in [4.69, 9.17) is 20.4 Å². The van der Waals surface area contributed by atoms with Gasteiger partial charge in [-0.15, -0.1) is 0 Å². The smallest absolute Gasteiger partial charge is 0.151 e. The molecule has 5 heteroatoms. The number of carbonyl (C=O) groups excluding carboxylic acids is 1. The van der Waals surface area contributed by atoms with Crippen LogP contribution < -0.4 is 0 Å². The molecule has 5 nitrogen and oxygen atoms in total. The highest BCUT2D eigenvalue weighted by Gasteiger charge is 2.28. The van der Waals surface area contributed by atoms with Crippen molar-refractivity contribution in [2.75, 3.05) is 6.61 Å². The Bertz CT molecular complexity index is 138. The monoisotopic (exact) mass is 178 g/mol. The lowest BCUT2D eigenvalue weighted by Gasteiger charge is -2.23. The van der Waals surface area contributed by atoms with Crippen LogP contribution in [0.15, 0.2) is 0 Å². The average molecular weight is 178 g/mol. The summed E-state index contributed by atoms with van der Waals surface area (Å²) in [5, 5.41) is 35.6. The van der Waals surface area contributed by atoms with E-state index in [9.17, 15) is 4.79 Å². The Labute approximate surface area is 70.3 Å². The first kappa shape index (κ1) is 11.5. The quantitative estimate of drug-likeness (QED) is 0.361. The molecule has 12 heavy (non-hydrogen) atoms. The zero-order chi connectivity index (χ0) is 9.72. The highest BCUT2D eigenvalue weighted by Crippen LogP contribution is 2.08. The van der Waals surface area contributed by atoms with Crippen molar-refractivity contribution in [3.63, 3.8) is 0 Å². The first-order valence-corrected chi connectivity index (χ1v) is 3.65. The summed E-state index contributed by atoms with van der Waals surface area (Å²) < 4.78 is 0. The molecular formula is C7H14O5. The fourth-order valence-electron chi connectivity index (χ4n) is 0.727. The molecule has 0 aromatic heterocycles. The maximum atomic E-state index is 9.98. The number of aliphatic hydroxyl groups is 4. The molecule has 0 aliphatic heterocycles. The summed E-state index contributed by atoms with van der Waals surface area (Å²) in [5.41, 5.74) is 0. The van der Waals surface area contributed by atoms with Crippen LogP contribution >= 0.6 is 0 Å². The second-order valence-electron chi connectivity index (χ2n) is 2.77. The molecule has 0 aromatic rings. The zero-order valence-corrected chi connectivity index (χ0v) is 6.79. The molecule has 0 heterocycles. The molecule has 0 aliphatic rings. The van der Waals surface area contributed by atoms with E-state index in [1.165, 1.54) is 6.92 Å². The van der Waals surface area contributed by atoms with Gasteiger partial charge in [0.15, 0.2) is 6.29 Å². The first-order chi connectivity index (χ1) is 5.54. The van der Waals surface area contributed by atoms with Crippen molar-refractivity contribution in [3.8, 4) is 0 Å². The summed E-state index contributed by atoms with van der Waals surface area (Å²) in [7, 11) is 0. The third-order valence-corrected chi connectivity index (χ3v) is 1.71. The fourth-order valence-corrected chi connectivity index (χ4v) is 0.727. The van der Waals surface area contributed by atoms with Crippen LogP contribution in [-0.2, 0) is 4.79 Å². The van der Waals surface area contributed by atoms with Crippen LogP contribution in [0, 0.1) is 5.92 Å². The molecule has 4 unspecified atom stereocenters. The Hall–Kier alpha value is -0.490.